The third kappa shape index (κ3) is 3.99. The molecular weight excluding hydrogens is 310 g/mol. The van der Waals surface area contributed by atoms with Gasteiger partial charge < -0.3 is 14.7 Å². The minimum Gasteiger partial charge on any atom is -0.507 e. The number of esters is 1. The number of rotatable bonds is 5. The van der Waals surface area contributed by atoms with Gasteiger partial charge in [-0.25, -0.2) is 4.79 Å². The highest BCUT2D eigenvalue weighted by molar-refractivity contribution is 9.10. The smallest absolute Gasteiger partial charge is 0.330 e. The fraction of sp³-hybridized carbons (Fsp3) is 0.357. The van der Waals surface area contributed by atoms with Crippen LogP contribution in [0.1, 0.15) is 19.4 Å². The number of hydrogen-bond acceptors (Lipinski definition) is 4. The Balaban J connectivity index is 3.09. The number of hydrogen-bond donors (Lipinski definition) is 1. The zero-order chi connectivity index (χ0) is 14.4. The van der Waals surface area contributed by atoms with Crippen molar-refractivity contribution in [3.63, 3.8) is 0 Å². The van der Waals surface area contributed by atoms with Crippen molar-refractivity contribution in [3.05, 3.63) is 28.2 Å². The van der Waals surface area contributed by atoms with Crippen LogP contribution in [-0.2, 0) is 9.53 Å². The number of aromatic hydroxyl groups is 1. The van der Waals surface area contributed by atoms with Crippen LogP contribution in [0.5, 0.6) is 5.75 Å². The molecule has 104 valence electrons. The van der Waals surface area contributed by atoms with Crippen LogP contribution in [0.15, 0.2) is 22.7 Å². The number of carbonyl (C=O) groups excluding carboxylic acids is 1. The summed E-state index contributed by atoms with van der Waals surface area (Å²) < 4.78 is 5.39. The minimum absolute atomic E-state index is 0.130. The average molecular weight is 328 g/mol. The monoisotopic (exact) mass is 327 g/mol. The zero-order valence-corrected chi connectivity index (χ0v) is 12.9. The van der Waals surface area contributed by atoms with E-state index in [4.69, 9.17) is 0 Å². The first-order valence-corrected chi connectivity index (χ1v) is 6.86. The molecule has 0 amide bonds. The molecule has 1 N–H and O–H groups in total. The number of phenols is 1. The van der Waals surface area contributed by atoms with Gasteiger partial charge in [-0.2, -0.15) is 0 Å². The Labute approximate surface area is 121 Å². The Hall–Kier alpha value is -1.49. The van der Waals surface area contributed by atoms with E-state index >= 15 is 0 Å². The van der Waals surface area contributed by atoms with E-state index in [1.54, 1.807) is 12.1 Å². The van der Waals surface area contributed by atoms with Gasteiger partial charge in [0.1, 0.15) is 5.75 Å². The maximum absolute atomic E-state index is 11.0. The van der Waals surface area contributed by atoms with Gasteiger partial charge in [0.05, 0.1) is 12.8 Å². The lowest BCUT2D eigenvalue weighted by Gasteiger charge is -2.23. The molecule has 0 atom stereocenters. The molecule has 0 aromatic heterocycles. The van der Waals surface area contributed by atoms with Crippen LogP contribution < -0.4 is 4.90 Å². The number of ether oxygens (including phenoxy) is 1. The standard InChI is InChI=1S/C14H18BrNO3/c1-4-16(5-2)12-9-13(17)10(8-11(12)15)6-7-14(18)19-3/h6-9,17H,4-5H2,1-3H3/b7-6+. The van der Waals surface area contributed by atoms with Crippen molar-refractivity contribution in [1.82, 2.24) is 0 Å². The highest BCUT2D eigenvalue weighted by atomic mass is 79.9. The van der Waals surface area contributed by atoms with Crippen LogP contribution in [-0.4, -0.2) is 31.3 Å². The molecule has 0 unspecified atom stereocenters. The summed E-state index contributed by atoms with van der Waals surface area (Å²) in [5, 5.41) is 9.99. The molecule has 1 aromatic rings. The van der Waals surface area contributed by atoms with Gasteiger partial charge in [-0.15, -0.1) is 0 Å². The summed E-state index contributed by atoms with van der Waals surface area (Å²) in [6.07, 6.45) is 2.80. The summed E-state index contributed by atoms with van der Waals surface area (Å²) in [7, 11) is 1.31. The predicted molar refractivity (Wildman–Crippen MR) is 80.4 cm³/mol. The molecule has 0 saturated carbocycles. The maximum Gasteiger partial charge on any atom is 0.330 e. The molecule has 0 fully saturated rings. The maximum atomic E-state index is 11.0. The molecular formula is C14H18BrNO3. The van der Waals surface area contributed by atoms with Crippen molar-refractivity contribution in [2.45, 2.75) is 13.8 Å². The minimum atomic E-state index is -0.455. The molecule has 0 radical (unpaired) electrons. The van der Waals surface area contributed by atoms with E-state index in [1.807, 2.05) is 0 Å². The lowest BCUT2D eigenvalue weighted by Crippen LogP contribution is -2.22. The van der Waals surface area contributed by atoms with Crippen LogP contribution in [0.25, 0.3) is 6.08 Å². The summed E-state index contributed by atoms with van der Waals surface area (Å²) in [6.45, 7) is 5.81. The predicted octanol–water partition coefficient (Wildman–Crippen LogP) is 3.19. The molecule has 1 rings (SSSR count). The van der Waals surface area contributed by atoms with Gasteiger partial charge in [0, 0.05) is 35.3 Å². The first kappa shape index (κ1) is 15.6. The molecule has 1 aromatic carbocycles. The molecule has 0 aliphatic carbocycles. The number of methoxy groups -OCH3 is 1. The SMILES string of the molecule is CCN(CC)c1cc(O)c(/C=C/C(=O)OC)cc1Br. The van der Waals surface area contributed by atoms with Gasteiger partial charge in [-0.05, 0) is 41.9 Å². The number of benzene rings is 1. The number of phenolic OH excluding ortho intramolecular Hbond substituents is 1. The summed E-state index contributed by atoms with van der Waals surface area (Å²) in [5.41, 5.74) is 1.49. The molecule has 0 spiro atoms. The van der Waals surface area contributed by atoms with E-state index in [-0.39, 0.29) is 5.75 Å². The second kappa shape index (κ2) is 7.19. The normalized spacial score (nSPS) is 10.7. The largest absolute Gasteiger partial charge is 0.507 e. The van der Waals surface area contributed by atoms with Crippen molar-refractivity contribution >= 4 is 33.7 Å². The Bertz CT molecular complexity index is 482. The average Bonchev–Trinajstić information content (AvgIpc) is 2.41. The molecule has 0 bridgehead atoms. The van der Waals surface area contributed by atoms with Crippen molar-refractivity contribution in [3.8, 4) is 5.75 Å². The summed E-state index contributed by atoms with van der Waals surface area (Å²) in [4.78, 5) is 13.2. The van der Waals surface area contributed by atoms with Gasteiger partial charge >= 0.3 is 5.97 Å². The van der Waals surface area contributed by atoms with E-state index in [2.05, 4.69) is 39.4 Å². The first-order valence-electron chi connectivity index (χ1n) is 6.06. The van der Waals surface area contributed by atoms with E-state index in [9.17, 15) is 9.90 Å². The number of nitrogens with zero attached hydrogens (tertiary/aromatic N) is 1. The third-order valence-corrected chi connectivity index (χ3v) is 3.44. The fourth-order valence-electron chi connectivity index (χ4n) is 1.73. The van der Waals surface area contributed by atoms with Gasteiger partial charge in [0.2, 0.25) is 0 Å². The second-order valence-electron chi connectivity index (χ2n) is 3.89. The second-order valence-corrected chi connectivity index (χ2v) is 4.75. The van der Waals surface area contributed by atoms with Crippen LogP contribution in [0, 0.1) is 0 Å². The highest BCUT2D eigenvalue weighted by Gasteiger charge is 2.10. The number of carbonyl (C=O) groups is 1. The van der Waals surface area contributed by atoms with E-state index < -0.39 is 5.97 Å². The summed E-state index contributed by atoms with van der Waals surface area (Å²) >= 11 is 3.48. The topological polar surface area (TPSA) is 49.8 Å². The quantitative estimate of drug-likeness (QED) is 0.666. The van der Waals surface area contributed by atoms with Crippen molar-refractivity contribution in [2.24, 2.45) is 0 Å². The molecule has 4 nitrogen and oxygen atoms in total. The van der Waals surface area contributed by atoms with Gasteiger partial charge in [0.25, 0.3) is 0 Å². The van der Waals surface area contributed by atoms with Crippen LogP contribution >= 0.6 is 15.9 Å². The van der Waals surface area contributed by atoms with Crippen LogP contribution in [0.4, 0.5) is 5.69 Å². The Morgan fingerprint density at radius 2 is 2.05 bits per heavy atom. The summed E-state index contributed by atoms with van der Waals surface area (Å²) in [5.74, 6) is -0.325. The highest BCUT2D eigenvalue weighted by Crippen LogP contribution is 2.33. The van der Waals surface area contributed by atoms with E-state index in [1.165, 1.54) is 19.3 Å². The molecule has 0 aliphatic heterocycles. The lowest BCUT2D eigenvalue weighted by atomic mass is 10.1. The van der Waals surface area contributed by atoms with Crippen LogP contribution in [0.3, 0.4) is 0 Å². The van der Waals surface area contributed by atoms with Crippen LogP contribution in [0.2, 0.25) is 0 Å². The van der Waals surface area contributed by atoms with Crippen molar-refractivity contribution < 1.29 is 14.6 Å². The fourth-order valence-corrected chi connectivity index (χ4v) is 2.34. The molecule has 0 aliphatic rings. The number of anilines is 1. The molecule has 5 heteroatoms. The van der Waals surface area contributed by atoms with E-state index in [0.717, 1.165) is 23.2 Å². The molecule has 0 heterocycles. The van der Waals surface area contributed by atoms with Crippen molar-refractivity contribution in [1.29, 1.82) is 0 Å². The van der Waals surface area contributed by atoms with E-state index in [0.29, 0.717) is 5.56 Å². The Kier molecular flexibility index (Phi) is 5.89. The molecule has 19 heavy (non-hydrogen) atoms. The third-order valence-electron chi connectivity index (χ3n) is 2.80. The molecule has 0 saturated heterocycles. The summed E-state index contributed by atoms with van der Waals surface area (Å²) in [6, 6.07) is 3.47. The van der Waals surface area contributed by atoms with Gasteiger partial charge in [0.15, 0.2) is 0 Å². The zero-order valence-electron chi connectivity index (χ0n) is 11.3. The Morgan fingerprint density at radius 3 is 2.58 bits per heavy atom. The van der Waals surface area contributed by atoms with Gasteiger partial charge in [-0.1, -0.05) is 0 Å². The van der Waals surface area contributed by atoms with Crippen molar-refractivity contribution in [2.75, 3.05) is 25.1 Å². The Morgan fingerprint density at radius 1 is 1.42 bits per heavy atom. The lowest BCUT2D eigenvalue weighted by molar-refractivity contribution is -0.134. The number of halogens is 1. The van der Waals surface area contributed by atoms with Gasteiger partial charge in [-0.3, -0.25) is 0 Å². The first-order chi connectivity index (χ1) is 9.03.